The second-order valence-corrected chi connectivity index (χ2v) is 6.83. The average Bonchev–Trinajstić information content (AvgIpc) is 3.07. The summed E-state index contributed by atoms with van der Waals surface area (Å²) in [7, 11) is 0. The fraction of sp³-hybridized carbons (Fsp3) is 0.211. The van der Waals surface area contributed by atoms with Crippen LogP contribution in [0, 0.1) is 0 Å². The number of rotatable bonds is 4. The molecule has 4 rings (SSSR count). The summed E-state index contributed by atoms with van der Waals surface area (Å²) in [6.45, 7) is 3.42. The molecular weight excluding hydrogens is 382 g/mol. The van der Waals surface area contributed by atoms with E-state index in [1.54, 1.807) is 22.7 Å². The first-order valence-corrected chi connectivity index (χ1v) is 9.08. The van der Waals surface area contributed by atoms with Crippen LogP contribution in [0.2, 0.25) is 5.02 Å². The van der Waals surface area contributed by atoms with Gasteiger partial charge in [0.05, 0.1) is 11.3 Å². The predicted molar refractivity (Wildman–Crippen MR) is 105 cm³/mol. The zero-order valence-electron chi connectivity index (χ0n) is 15.1. The number of nitrogens with zero attached hydrogens (tertiary/aromatic N) is 5. The lowest BCUT2D eigenvalue weighted by molar-refractivity contribution is -0.140. The Bertz CT molecular complexity index is 1280. The third kappa shape index (κ3) is 2.73. The van der Waals surface area contributed by atoms with E-state index in [1.807, 2.05) is 19.1 Å². The first-order valence-electron chi connectivity index (χ1n) is 8.70. The SMILES string of the molecule is CCc1nn2c(nnc3c(=O)n(C(C)C(=O)O)ccc32)c1-c1ccc(Cl)cc1. The van der Waals surface area contributed by atoms with Gasteiger partial charge in [-0.1, -0.05) is 30.7 Å². The normalized spacial score (nSPS) is 12.5. The van der Waals surface area contributed by atoms with Crippen LogP contribution in [0.25, 0.3) is 27.8 Å². The highest BCUT2D eigenvalue weighted by Gasteiger charge is 2.21. The van der Waals surface area contributed by atoms with Gasteiger partial charge in [-0.05, 0) is 37.1 Å². The van der Waals surface area contributed by atoms with Crippen molar-refractivity contribution in [3.8, 4) is 11.1 Å². The molecule has 142 valence electrons. The monoisotopic (exact) mass is 397 g/mol. The maximum absolute atomic E-state index is 12.7. The van der Waals surface area contributed by atoms with Crippen molar-refractivity contribution in [3.63, 3.8) is 0 Å². The van der Waals surface area contributed by atoms with Crippen molar-refractivity contribution in [2.45, 2.75) is 26.3 Å². The molecular formula is C19H16ClN5O3. The summed E-state index contributed by atoms with van der Waals surface area (Å²) < 4.78 is 2.71. The standard InChI is InChI=1S/C19H16ClN5O3/c1-3-13-15(11-4-6-12(20)7-5-11)17-22-21-16-14(25(17)23-13)8-9-24(18(16)26)10(2)19(27)28/h4-10H,3H2,1-2H3,(H,27,28). The second kappa shape index (κ2) is 6.72. The molecule has 0 spiro atoms. The van der Waals surface area contributed by atoms with E-state index in [0.717, 1.165) is 21.4 Å². The van der Waals surface area contributed by atoms with E-state index in [1.165, 1.54) is 13.1 Å². The van der Waals surface area contributed by atoms with Crippen molar-refractivity contribution in [2.75, 3.05) is 0 Å². The molecule has 0 aliphatic heterocycles. The van der Waals surface area contributed by atoms with Crippen LogP contribution >= 0.6 is 11.6 Å². The molecule has 1 atom stereocenters. The maximum atomic E-state index is 12.7. The van der Waals surface area contributed by atoms with Crippen LogP contribution in [0.15, 0.2) is 41.3 Å². The molecule has 0 saturated carbocycles. The van der Waals surface area contributed by atoms with E-state index in [9.17, 15) is 14.7 Å². The molecule has 0 radical (unpaired) electrons. The van der Waals surface area contributed by atoms with E-state index >= 15 is 0 Å². The number of hydrogen-bond acceptors (Lipinski definition) is 5. The van der Waals surface area contributed by atoms with E-state index in [0.29, 0.717) is 22.6 Å². The fourth-order valence-electron chi connectivity index (χ4n) is 3.19. The number of aromatic nitrogens is 5. The van der Waals surface area contributed by atoms with Crippen LogP contribution < -0.4 is 5.56 Å². The molecule has 9 heteroatoms. The number of aryl methyl sites for hydroxylation is 1. The number of halogens is 1. The highest BCUT2D eigenvalue weighted by molar-refractivity contribution is 6.30. The first-order chi connectivity index (χ1) is 13.4. The number of benzene rings is 1. The summed E-state index contributed by atoms with van der Waals surface area (Å²) >= 11 is 6.00. The largest absolute Gasteiger partial charge is 0.480 e. The molecule has 4 aromatic rings. The minimum atomic E-state index is -1.10. The maximum Gasteiger partial charge on any atom is 0.326 e. The molecule has 1 unspecified atom stereocenters. The Morgan fingerprint density at radius 1 is 1.21 bits per heavy atom. The minimum absolute atomic E-state index is 0.0657. The lowest BCUT2D eigenvalue weighted by Gasteiger charge is -2.11. The number of hydrogen-bond donors (Lipinski definition) is 1. The molecule has 0 bridgehead atoms. The van der Waals surface area contributed by atoms with Crippen LogP contribution in [0.3, 0.4) is 0 Å². The predicted octanol–water partition coefficient (Wildman–Crippen LogP) is 2.97. The molecule has 3 aromatic heterocycles. The number of carbonyl (C=O) groups is 1. The lowest BCUT2D eigenvalue weighted by Crippen LogP contribution is -2.28. The molecule has 3 heterocycles. The van der Waals surface area contributed by atoms with Gasteiger partial charge in [0.2, 0.25) is 0 Å². The van der Waals surface area contributed by atoms with E-state index in [2.05, 4.69) is 15.3 Å². The van der Waals surface area contributed by atoms with Crippen molar-refractivity contribution in [1.29, 1.82) is 0 Å². The van der Waals surface area contributed by atoms with Crippen molar-refractivity contribution in [3.05, 3.63) is 57.6 Å². The van der Waals surface area contributed by atoms with Crippen LogP contribution in [0.1, 0.15) is 25.6 Å². The van der Waals surface area contributed by atoms with Gasteiger partial charge in [0, 0.05) is 11.2 Å². The molecule has 1 aromatic carbocycles. The highest BCUT2D eigenvalue weighted by atomic mass is 35.5. The number of aliphatic carboxylic acids is 1. The molecule has 8 nitrogen and oxygen atoms in total. The van der Waals surface area contributed by atoms with Gasteiger partial charge in [-0.25, -0.2) is 9.31 Å². The van der Waals surface area contributed by atoms with Crippen molar-refractivity contribution >= 4 is 34.3 Å². The molecule has 28 heavy (non-hydrogen) atoms. The molecule has 0 amide bonds. The van der Waals surface area contributed by atoms with Gasteiger partial charge in [-0.3, -0.25) is 9.36 Å². The van der Waals surface area contributed by atoms with E-state index in [-0.39, 0.29) is 5.52 Å². The van der Waals surface area contributed by atoms with Gasteiger partial charge in [0.1, 0.15) is 11.6 Å². The smallest absolute Gasteiger partial charge is 0.326 e. The number of pyridine rings is 1. The Hall–Kier alpha value is -3.26. The van der Waals surface area contributed by atoms with Crippen molar-refractivity contribution < 1.29 is 9.90 Å². The Kier molecular flexibility index (Phi) is 4.35. The molecule has 0 fully saturated rings. The molecule has 0 saturated heterocycles. The van der Waals surface area contributed by atoms with Gasteiger partial charge in [0.25, 0.3) is 5.56 Å². The Morgan fingerprint density at radius 2 is 1.93 bits per heavy atom. The van der Waals surface area contributed by atoms with Gasteiger partial charge >= 0.3 is 5.97 Å². The Morgan fingerprint density at radius 3 is 2.57 bits per heavy atom. The number of carboxylic acid groups (broad SMARTS) is 1. The quantitative estimate of drug-likeness (QED) is 0.568. The summed E-state index contributed by atoms with van der Waals surface area (Å²) in [5.74, 6) is -1.10. The van der Waals surface area contributed by atoms with E-state index in [4.69, 9.17) is 11.6 Å². The highest BCUT2D eigenvalue weighted by Crippen LogP contribution is 2.29. The summed E-state index contributed by atoms with van der Waals surface area (Å²) in [5, 5.41) is 22.8. The fourth-order valence-corrected chi connectivity index (χ4v) is 3.31. The topological polar surface area (TPSA) is 102 Å². The summed E-state index contributed by atoms with van der Waals surface area (Å²) in [6.07, 6.45) is 2.11. The average molecular weight is 398 g/mol. The Balaban J connectivity index is 2.01. The number of fused-ring (bicyclic) bond motifs is 3. The lowest BCUT2D eigenvalue weighted by atomic mass is 10.0. The Labute approximate surface area is 164 Å². The van der Waals surface area contributed by atoms with Gasteiger partial charge in [0.15, 0.2) is 11.2 Å². The van der Waals surface area contributed by atoms with Gasteiger partial charge in [-0.2, -0.15) is 5.10 Å². The number of carboxylic acids is 1. The van der Waals surface area contributed by atoms with Crippen LogP contribution in [0.4, 0.5) is 0 Å². The molecule has 0 aliphatic carbocycles. The second-order valence-electron chi connectivity index (χ2n) is 6.39. The first kappa shape index (κ1) is 18.1. The van der Waals surface area contributed by atoms with Gasteiger partial charge < -0.3 is 5.11 Å². The van der Waals surface area contributed by atoms with Crippen molar-refractivity contribution in [2.24, 2.45) is 0 Å². The summed E-state index contributed by atoms with van der Waals surface area (Å²) in [4.78, 5) is 24.0. The minimum Gasteiger partial charge on any atom is -0.480 e. The third-order valence-electron chi connectivity index (χ3n) is 4.72. The van der Waals surface area contributed by atoms with Gasteiger partial charge in [-0.15, -0.1) is 10.2 Å². The zero-order valence-corrected chi connectivity index (χ0v) is 15.9. The summed E-state index contributed by atoms with van der Waals surface area (Å²) in [5.41, 5.74) is 3.08. The van der Waals surface area contributed by atoms with Crippen molar-refractivity contribution in [1.82, 2.24) is 24.4 Å². The van der Waals surface area contributed by atoms with E-state index < -0.39 is 17.6 Å². The van der Waals surface area contributed by atoms with Crippen LogP contribution in [-0.2, 0) is 11.2 Å². The van der Waals surface area contributed by atoms with Crippen LogP contribution in [-0.4, -0.2) is 35.5 Å². The molecule has 0 aliphatic rings. The molecule has 1 N–H and O–H groups in total. The third-order valence-corrected chi connectivity index (χ3v) is 4.97. The summed E-state index contributed by atoms with van der Waals surface area (Å²) in [6, 6.07) is 7.98. The zero-order chi connectivity index (χ0) is 20.0. The van der Waals surface area contributed by atoms with Crippen LogP contribution in [0.5, 0.6) is 0 Å².